The summed E-state index contributed by atoms with van der Waals surface area (Å²) in [6.07, 6.45) is -3.12. The first-order valence-electron chi connectivity index (χ1n) is 8.76. The van der Waals surface area contributed by atoms with Crippen LogP contribution in [0.15, 0.2) is 35.5 Å². The maximum Gasteiger partial charge on any atom is 0.393 e. The molecule has 0 amide bonds. The average Bonchev–Trinajstić information content (AvgIpc) is 3.24. The van der Waals surface area contributed by atoms with E-state index in [2.05, 4.69) is 9.72 Å². The van der Waals surface area contributed by atoms with Gasteiger partial charge in [0.25, 0.3) is 0 Å². The number of anilines is 1. The first-order chi connectivity index (χ1) is 15.0. The number of aliphatic hydroxyl groups is 1. The Balaban J connectivity index is 0.000000717. The van der Waals surface area contributed by atoms with E-state index in [9.17, 15) is 30.7 Å². The average molecular weight is 727 g/mol. The second-order valence-corrected chi connectivity index (χ2v) is 6.72. The molecule has 1 aromatic carbocycles. The minimum absolute atomic E-state index is 0. The molecule has 1 aromatic heterocycles. The summed E-state index contributed by atoms with van der Waals surface area (Å²) in [5.74, 6) is -5.79. The van der Waals surface area contributed by atoms with Gasteiger partial charge >= 0.3 is 12.8 Å². The number of aliphatic hydroxyl groups excluding tert-OH is 1. The molecule has 0 saturated carbocycles. The van der Waals surface area contributed by atoms with Crippen molar-refractivity contribution in [3.63, 3.8) is 0 Å². The van der Waals surface area contributed by atoms with E-state index < -0.39 is 42.6 Å². The first kappa shape index (κ1) is 31.6. The van der Waals surface area contributed by atoms with Crippen molar-refractivity contribution in [2.45, 2.75) is 24.2 Å². The van der Waals surface area contributed by atoms with Crippen LogP contribution >= 0.6 is 11.9 Å². The Morgan fingerprint density at radius 3 is 2.33 bits per heavy atom. The zero-order chi connectivity index (χ0) is 24.5. The molecule has 1 saturated heterocycles. The van der Waals surface area contributed by atoms with Crippen LogP contribution in [0.1, 0.15) is 6.42 Å². The van der Waals surface area contributed by atoms with Crippen molar-refractivity contribution < 1.29 is 71.7 Å². The number of aromatic nitrogens is 1. The smallest absolute Gasteiger partial charge is 0.393 e. The van der Waals surface area contributed by atoms with Gasteiger partial charge in [-0.05, 0) is 36.6 Å². The van der Waals surface area contributed by atoms with E-state index in [1.165, 1.54) is 0 Å². The Kier molecular flexibility index (Phi) is 14.1. The normalized spacial score (nSPS) is 15.1. The van der Waals surface area contributed by atoms with Crippen LogP contribution in [0.3, 0.4) is 0 Å². The van der Waals surface area contributed by atoms with E-state index in [0.29, 0.717) is 16.8 Å². The number of halogens is 7. The number of nitrogens with two attached hydrogens (primary N) is 1. The maximum absolute atomic E-state index is 13.5. The number of hydrogen-bond acceptors (Lipinski definition) is 6. The van der Waals surface area contributed by atoms with Crippen molar-refractivity contribution in [3.8, 4) is 5.75 Å². The van der Waals surface area contributed by atoms with Crippen molar-refractivity contribution in [2.75, 3.05) is 25.1 Å². The third-order valence-corrected chi connectivity index (χ3v) is 4.55. The molecule has 184 valence electrons. The second kappa shape index (κ2) is 14.8. The van der Waals surface area contributed by atoms with E-state index in [1.54, 1.807) is 18.3 Å². The molecule has 4 N–H and O–H groups in total. The SMILES string of the molecule is CO.Fc1ccc(N2CCC(C(F)(F)F)C2)c(OC(F)F)c1F.[NH-]c1ccnc(SN)c1.[U]. The summed E-state index contributed by atoms with van der Waals surface area (Å²) in [7, 11) is 1.00. The van der Waals surface area contributed by atoms with Gasteiger partial charge in [-0.2, -0.15) is 26.3 Å². The van der Waals surface area contributed by atoms with Crippen LogP contribution in [-0.4, -0.2) is 43.1 Å². The van der Waals surface area contributed by atoms with Crippen molar-refractivity contribution in [2.24, 2.45) is 11.1 Å². The van der Waals surface area contributed by atoms with E-state index in [4.69, 9.17) is 16.0 Å². The number of rotatable bonds is 4. The monoisotopic (exact) mass is 727 g/mol. The molecule has 6 nitrogen and oxygen atoms in total. The van der Waals surface area contributed by atoms with Crippen LogP contribution in [0, 0.1) is 48.7 Å². The second-order valence-electron chi connectivity index (χ2n) is 6.06. The van der Waals surface area contributed by atoms with Gasteiger partial charge < -0.3 is 20.5 Å². The van der Waals surface area contributed by atoms with Gasteiger partial charge in [-0.15, -0.1) is 5.69 Å². The summed E-state index contributed by atoms with van der Waals surface area (Å²) >= 11 is 1.05. The van der Waals surface area contributed by atoms with Crippen molar-refractivity contribution in [3.05, 3.63) is 47.8 Å². The fourth-order valence-corrected chi connectivity index (χ4v) is 3.01. The fourth-order valence-electron chi connectivity index (χ4n) is 2.69. The number of benzene rings is 1. The van der Waals surface area contributed by atoms with Crippen LogP contribution in [0.5, 0.6) is 5.75 Å². The Morgan fingerprint density at radius 1 is 1.24 bits per heavy atom. The summed E-state index contributed by atoms with van der Waals surface area (Å²) in [6.45, 7) is -4.05. The zero-order valence-electron chi connectivity index (χ0n) is 17.0. The van der Waals surface area contributed by atoms with Crippen molar-refractivity contribution >= 4 is 23.3 Å². The van der Waals surface area contributed by atoms with Gasteiger partial charge in [0.1, 0.15) is 5.03 Å². The standard InChI is InChI=1S/C12H10F7NO.C5H6N3S.CH4O.U/c13-7-1-2-8(10(9(7)14)21-11(15)16)20-4-3-6(5-20)12(17,18)19;6-4-1-2-8-5(3-4)9-7;1-2;/h1-2,6,11H,3-5H2;1-3H,7H2,(H-,6,8);2H,1H3;/q;-1;;. The van der Waals surface area contributed by atoms with Gasteiger partial charge in [0.15, 0.2) is 11.6 Å². The topological polar surface area (TPSA) is 95.4 Å². The van der Waals surface area contributed by atoms with Crippen LogP contribution in [0.2, 0.25) is 0 Å². The Labute approximate surface area is 213 Å². The van der Waals surface area contributed by atoms with Gasteiger partial charge in [0.2, 0.25) is 5.82 Å². The Hall–Kier alpha value is -1.40. The molecule has 15 heteroatoms. The molecule has 33 heavy (non-hydrogen) atoms. The first-order valence-corrected chi connectivity index (χ1v) is 9.64. The number of hydrogen-bond donors (Lipinski definition) is 2. The summed E-state index contributed by atoms with van der Waals surface area (Å²) in [5.41, 5.74) is 7.25. The number of ether oxygens (including phenoxy) is 1. The molecule has 0 radical (unpaired) electrons. The third-order valence-electron chi connectivity index (χ3n) is 4.08. The maximum atomic E-state index is 13.5. The molecular weight excluding hydrogens is 707 g/mol. The number of nitrogens with one attached hydrogen (secondary N) is 1. The van der Waals surface area contributed by atoms with Crippen LogP contribution in [0.4, 0.5) is 42.1 Å². The summed E-state index contributed by atoms with van der Waals surface area (Å²) in [4.78, 5) is 4.93. The number of alkyl halides is 5. The van der Waals surface area contributed by atoms with Gasteiger partial charge in [-0.1, -0.05) is 6.07 Å². The van der Waals surface area contributed by atoms with Crippen LogP contribution in [-0.2, 0) is 0 Å². The molecule has 1 fully saturated rings. The fraction of sp³-hybridized carbons (Fsp3) is 0.389. The predicted octanol–water partition coefficient (Wildman–Crippen LogP) is 5.29. The van der Waals surface area contributed by atoms with Crippen molar-refractivity contribution in [1.82, 2.24) is 4.98 Å². The number of nitrogens with zero attached hydrogens (tertiary/aromatic N) is 2. The molecule has 1 aliphatic rings. The van der Waals surface area contributed by atoms with Gasteiger partial charge in [-0.25, -0.2) is 9.37 Å². The molecule has 1 aliphatic heterocycles. The zero-order valence-corrected chi connectivity index (χ0v) is 22.0. The predicted molar refractivity (Wildman–Crippen MR) is 106 cm³/mol. The van der Waals surface area contributed by atoms with Gasteiger partial charge in [-0.3, -0.25) is 5.14 Å². The molecule has 0 bridgehead atoms. The summed E-state index contributed by atoms with van der Waals surface area (Å²) in [6, 6.07) is 4.81. The minimum Gasteiger partial charge on any atom is -0.699 e. The van der Waals surface area contributed by atoms with Crippen LogP contribution in [0.25, 0.3) is 5.73 Å². The third kappa shape index (κ3) is 9.78. The molecule has 3 rings (SSSR count). The largest absolute Gasteiger partial charge is 0.699 e. The van der Waals surface area contributed by atoms with E-state index in [-0.39, 0.29) is 49.8 Å². The summed E-state index contributed by atoms with van der Waals surface area (Å²) < 4.78 is 92.8. The van der Waals surface area contributed by atoms with Gasteiger partial charge in [0, 0.05) is 57.5 Å². The van der Waals surface area contributed by atoms with Crippen molar-refractivity contribution in [1.29, 1.82) is 0 Å². The molecule has 1 atom stereocenters. The van der Waals surface area contributed by atoms with Gasteiger partial charge in [0.05, 0.1) is 11.6 Å². The molecule has 0 spiro atoms. The Morgan fingerprint density at radius 2 is 1.88 bits per heavy atom. The van der Waals surface area contributed by atoms with E-state index >= 15 is 0 Å². The van der Waals surface area contributed by atoms with Crippen LogP contribution < -0.4 is 14.8 Å². The number of pyridine rings is 1. The Bertz CT molecular complexity index is 865. The van der Waals surface area contributed by atoms with E-state index in [1.807, 2.05) is 0 Å². The minimum atomic E-state index is -4.43. The molecule has 2 heterocycles. The molecule has 1 unspecified atom stereocenters. The quantitative estimate of drug-likeness (QED) is 0.329. The summed E-state index contributed by atoms with van der Waals surface area (Å²) in [5, 5.41) is 12.9. The molecular formula is C18H20F7N4O2SU-. The molecule has 2 aromatic rings. The van der Waals surface area contributed by atoms with E-state index in [0.717, 1.165) is 30.0 Å². The molecule has 0 aliphatic carbocycles.